The Morgan fingerprint density at radius 2 is 1.69 bits per heavy atom. The Hall–Kier alpha value is -3.00. The zero-order chi connectivity index (χ0) is 18.9. The first-order valence-electron chi connectivity index (χ1n) is 7.74. The summed E-state index contributed by atoms with van der Waals surface area (Å²) in [4.78, 5) is 14.4. The van der Waals surface area contributed by atoms with Gasteiger partial charge < -0.3 is 9.47 Å². The van der Waals surface area contributed by atoms with Crippen molar-refractivity contribution in [3.63, 3.8) is 0 Å². The van der Waals surface area contributed by atoms with Crippen molar-refractivity contribution in [2.75, 3.05) is 30.0 Å². The van der Waals surface area contributed by atoms with Crippen molar-refractivity contribution in [3.05, 3.63) is 55.1 Å². The lowest BCUT2D eigenvalue weighted by atomic mass is 10.2. The van der Waals surface area contributed by atoms with Crippen LogP contribution in [-0.2, 0) is 10.0 Å². The molecule has 0 aromatic heterocycles. The summed E-state index contributed by atoms with van der Waals surface area (Å²) in [5.41, 5.74) is 0.457. The maximum absolute atomic E-state index is 13.1. The predicted molar refractivity (Wildman–Crippen MR) is 98.6 cm³/mol. The summed E-state index contributed by atoms with van der Waals surface area (Å²) in [6, 6.07) is 10.2. The zero-order valence-corrected chi connectivity index (χ0v) is 15.2. The summed E-state index contributed by atoms with van der Waals surface area (Å²) in [7, 11) is -1.19. The highest BCUT2D eigenvalue weighted by Gasteiger charge is 2.42. The molecular formula is C18H18N2O5S. The van der Waals surface area contributed by atoms with Gasteiger partial charge in [0.25, 0.3) is 10.0 Å². The fourth-order valence-electron chi connectivity index (χ4n) is 2.78. The number of urea groups is 1. The number of ether oxygens (including phenoxy) is 2. The second-order valence-electron chi connectivity index (χ2n) is 5.49. The minimum absolute atomic E-state index is 0.0447. The molecule has 2 amide bonds. The van der Waals surface area contributed by atoms with Crippen LogP contribution in [0.2, 0.25) is 0 Å². The van der Waals surface area contributed by atoms with Crippen molar-refractivity contribution < 1.29 is 22.7 Å². The number of carbonyl (C=O) groups excluding carboxylic acids is 1. The number of methoxy groups -OCH3 is 2. The number of nitrogens with zero attached hydrogens (tertiary/aromatic N) is 2. The van der Waals surface area contributed by atoms with Crippen molar-refractivity contribution in [2.45, 2.75) is 4.90 Å². The predicted octanol–water partition coefficient (Wildman–Crippen LogP) is 3.03. The van der Waals surface area contributed by atoms with E-state index in [0.717, 1.165) is 4.31 Å². The van der Waals surface area contributed by atoms with Gasteiger partial charge in [-0.25, -0.2) is 13.2 Å². The number of benzene rings is 2. The Kier molecular flexibility index (Phi) is 4.60. The van der Waals surface area contributed by atoms with Crippen LogP contribution in [0, 0.1) is 0 Å². The van der Waals surface area contributed by atoms with Crippen LogP contribution in [0.1, 0.15) is 0 Å². The standard InChI is InChI=1S/C18H18N2O5S/c1-4-9-19-16-7-5-6-8-17(16)26(22,23)20(18(19)21)13-10-14(24-2)12-15(11-13)25-3/h4-8,10-12H,1,9H2,2-3H3. The Bertz CT molecular complexity index is 949. The quantitative estimate of drug-likeness (QED) is 0.752. The minimum atomic E-state index is -4.09. The molecule has 0 radical (unpaired) electrons. The van der Waals surface area contributed by atoms with Gasteiger partial charge in [-0.15, -0.1) is 6.58 Å². The molecule has 0 bridgehead atoms. The maximum atomic E-state index is 13.1. The van der Waals surface area contributed by atoms with Crippen LogP contribution >= 0.6 is 0 Å². The third kappa shape index (κ3) is 2.78. The summed E-state index contributed by atoms with van der Waals surface area (Å²) < 4.78 is 37.4. The van der Waals surface area contributed by atoms with E-state index in [0.29, 0.717) is 17.2 Å². The first-order chi connectivity index (χ1) is 12.4. The Labute approximate surface area is 152 Å². The molecule has 2 aromatic rings. The Morgan fingerprint density at radius 1 is 1.08 bits per heavy atom. The highest BCUT2D eigenvalue weighted by molar-refractivity contribution is 7.94. The summed E-state index contributed by atoms with van der Waals surface area (Å²) in [6.07, 6.45) is 1.54. The highest BCUT2D eigenvalue weighted by atomic mass is 32.2. The summed E-state index contributed by atoms with van der Waals surface area (Å²) in [5, 5.41) is 0. The van der Waals surface area contributed by atoms with Gasteiger partial charge in [-0.05, 0) is 12.1 Å². The van der Waals surface area contributed by atoms with Crippen molar-refractivity contribution in [2.24, 2.45) is 0 Å². The third-order valence-electron chi connectivity index (χ3n) is 3.96. The van der Waals surface area contributed by atoms with Crippen LogP contribution in [0.4, 0.5) is 16.2 Å². The van der Waals surface area contributed by atoms with Gasteiger partial charge in [0.15, 0.2) is 0 Å². The number of para-hydroxylation sites is 1. The van der Waals surface area contributed by atoms with Gasteiger partial charge in [-0.2, -0.15) is 4.31 Å². The number of sulfonamides is 1. The summed E-state index contributed by atoms with van der Waals surface area (Å²) in [5.74, 6) is 0.743. The van der Waals surface area contributed by atoms with Crippen LogP contribution in [-0.4, -0.2) is 35.2 Å². The molecule has 0 atom stereocenters. The molecule has 26 heavy (non-hydrogen) atoms. The van der Waals surface area contributed by atoms with Gasteiger partial charge in [-0.3, -0.25) is 4.90 Å². The molecular weight excluding hydrogens is 356 g/mol. The molecule has 0 spiro atoms. The number of rotatable bonds is 5. The molecule has 1 aliphatic rings. The van der Waals surface area contributed by atoms with Gasteiger partial charge >= 0.3 is 6.03 Å². The van der Waals surface area contributed by atoms with Gasteiger partial charge in [0.2, 0.25) is 0 Å². The first-order valence-corrected chi connectivity index (χ1v) is 9.18. The maximum Gasteiger partial charge on any atom is 0.343 e. The largest absolute Gasteiger partial charge is 0.497 e. The lowest BCUT2D eigenvalue weighted by Crippen LogP contribution is -2.51. The van der Waals surface area contributed by atoms with E-state index >= 15 is 0 Å². The molecule has 136 valence electrons. The van der Waals surface area contributed by atoms with E-state index in [-0.39, 0.29) is 17.1 Å². The smallest absolute Gasteiger partial charge is 0.343 e. The van der Waals surface area contributed by atoms with Gasteiger partial charge in [0.05, 0.1) is 25.6 Å². The van der Waals surface area contributed by atoms with E-state index in [2.05, 4.69) is 6.58 Å². The first kappa shape index (κ1) is 17.8. The summed E-state index contributed by atoms with van der Waals surface area (Å²) in [6.45, 7) is 3.82. The number of amides is 2. The van der Waals surface area contributed by atoms with Crippen molar-refractivity contribution in [3.8, 4) is 11.5 Å². The number of anilines is 2. The summed E-state index contributed by atoms with van der Waals surface area (Å²) >= 11 is 0. The topological polar surface area (TPSA) is 76.2 Å². The number of hydrogen-bond donors (Lipinski definition) is 0. The van der Waals surface area contributed by atoms with Crippen LogP contribution in [0.15, 0.2) is 60.0 Å². The highest BCUT2D eigenvalue weighted by Crippen LogP contribution is 2.39. The second-order valence-corrected chi connectivity index (χ2v) is 7.24. The molecule has 0 N–H and O–H groups in total. The number of carbonyl (C=O) groups is 1. The third-order valence-corrected chi connectivity index (χ3v) is 5.71. The number of fused-ring (bicyclic) bond motifs is 1. The monoisotopic (exact) mass is 374 g/mol. The molecule has 0 unspecified atom stereocenters. The normalized spacial score (nSPS) is 15.4. The van der Waals surface area contributed by atoms with Gasteiger partial charge in [0, 0.05) is 24.7 Å². The van der Waals surface area contributed by atoms with E-state index in [1.54, 1.807) is 24.3 Å². The van der Waals surface area contributed by atoms with E-state index in [9.17, 15) is 13.2 Å². The molecule has 0 fully saturated rings. The lowest BCUT2D eigenvalue weighted by Gasteiger charge is -2.35. The molecule has 7 nitrogen and oxygen atoms in total. The molecule has 0 saturated carbocycles. The molecule has 8 heteroatoms. The van der Waals surface area contributed by atoms with Gasteiger partial charge in [-0.1, -0.05) is 18.2 Å². The van der Waals surface area contributed by atoms with E-state index in [4.69, 9.17) is 9.47 Å². The van der Waals surface area contributed by atoms with Crippen LogP contribution in [0.3, 0.4) is 0 Å². The van der Waals surface area contributed by atoms with Crippen molar-refractivity contribution >= 4 is 27.4 Å². The van der Waals surface area contributed by atoms with E-state index in [1.807, 2.05) is 0 Å². The van der Waals surface area contributed by atoms with Crippen LogP contribution in [0.5, 0.6) is 11.5 Å². The fraction of sp³-hybridized carbons (Fsp3) is 0.167. The van der Waals surface area contributed by atoms with Crippen molar-refractivity contribution in [1.82, 2.24) is 0 Å². The minimum Gasteiger partial charge on any atom is -0.497 e. The molecule has 0 saturated heterocycles. The molecule has 1 heterocycles. The van der Waals surface area contributed by atoms with Crippen molar-refractivity contribution in [1.29, 1.82) is 0 Å². The van der Waals surface area contributed by atoms with Crippen LogP contribution in [0.25, 0.3) is 0 Å². The zero-order valence-electron chi connectivity index (χ0n) is 14.4. The SMILES string of the molecule is C=CCN1C(=O)N(c2cc(OC)cc(OC)c2)S(=O)(=O)c2ccccc21. The molecule has 0 aliphatic carbocycles. The van der Waals surface area contributed by atoms with Crippen LogP contribution < -0.4 is 18.7 Å². The molecule has 2 aromatic carbocycles. The van der Waals surface area contributed by atoms with E-state index < -0.39 is 16.1 Å². The van der Waals surface area contributed by atoms with E-state index in [1.165, 1.54) is 43.4 Å². The Balaban J connectivity index is 2.25. The fourth-order valence-corrected chi connectivity index (χ4v) is 4.35. The average Bonchev–Trinajstić information content (AvgIpc) is 2.64. The second kappa shape index (κ2) is 6.72. The molecule has 1 aliphatic heterocycles. The Morgan fingerprint density at radius 3 is 2.27 bits per heavy atom. The number of hydrogen-bond acceptors (Lipinski definition) is 5. The lowest BCUT2D eigenvalue weighted by molar-refractivity contribution is 0.254. The molecule has 3 rings (SSSR count). The van der Waals surface area contributed by atoms with Gasteiger partial charge in [0.1, 0.15) is 16.4 Å². The average molecular weight is 374 g/mol.